The Morgan fingerprint density at radius 1 is 0.279 bits per heavy atom. The van der Waals surface area contributed by atoms with Crippen LogP contribution in [0.1, 0.15) is 0 Å². The molecule has 0 N–H and O–H groups in total. The van der Waals surface area contributed by atoms with Gasteiger partial charge in [0.1, 0.15) is 5.82 Å². The highest BCUT2D eigenvalue weighted by Gasteiger charge is 2.26. The summed E-state index contributed by atoms with van der Waals surface area (Å²) in [7, 11) is 0. The van der Waals surface area contributed by atoms with Gasteiger partial charge in [-0.1, -0.05) is 127 Å². The summed E-state index contributed by atoms with van der Waals surface area (Å²) in [6.07, 6.45) is 0. The first-order chi connectivity index (χ1) is 21.3. The molecule has 10 aromatic rings. The first-order valence-corrected chi connectivity index (χ1v) is 14.8. The predicted octanol–water partition coefficient (Wildman–Crippen LogP) is 12.1. The highest BCUT2D eigenvalue weighted by Crippen LogP contribution is 2.54. The van der Waals surface area contributed by atoms with E-state index < -0.39 is 0 Å². The fraction of sp³-hybridized carbons (Fsp3) is 0. The summed E-state index contributed by atoms with van der Waals surface area (Å²) in [5.74, 6) is -0.177. The summed E-state index contributed by atoms with van der Waals surface area (Å²) in [5.41, 5.74) is 4.77. The molecular formula is C42H23F. The zero-order valence-corrected chi connectivity index (χ0v) is 23.2. The average Bonchev–Trinajstić information content (AvgIpc) is 3.57. The van der Waals surface area contributed by atoms with Crippen molar-refractivity contribution in [1.82, 2.24) is 0 Å². The van der Waals surface area contributed by atoms with Gasteiger partial charge in [-0.25, -0.2) is 4.39 Å². The maximum absolute atomic E-state index is 15.4. The quantitative estimate of drug-likeness (QED) is 0.189. The lowest BCUT2D eigenvalue weighted by Crippen LogP contribution is -1.91. The predicted molar refractivity (Wildman–Crippen MR) is 182 cm³/mol. The molecule has 0 aliphatic heterocycles. The molecule has 0 fully saturated rings. The van der Waals surface area contributed by atoms with Crippen molar-refractivity contribution in [2.75, 3.05) is 0 Å². The van der Waals surface area contributed by atoms with Crippen molar-refractivity contribution in [2.45, 2.75) is 0 Å². The molecule has 0 aliphatic carbocycles. The summed E-state index contributed by atoms with van der Waals surface area (Å²) in [5, 5.41) is 16.5. The monoisotopic (exact) mass is 546 g/mol. The van der Waals surface area contributed by atoms with Gasteiger partial charge in [0.2, 0.25) is 0 Å². The van der Waals surface area contributed by atoms with Crippen molar-refractivity contribution in [2.24, 2.45) is 0 Å². The van der Waals surface area contributed by atoms with E-state index in [2.05, 4.69) is 115 Å². The second-order valence-electron chi connectivity index (χ2n) is 11.7. The molecule has 43 heavy (non-hydrogen) atoms. The third-order valence-electron chi connectivity index (χ3n) is 9.59. The van der Waals surface area contributed by atoms with Gasteiger partial charge in [0.15, 0.2) is 0 Å². The molecular weight excluding hydrogens is 523 g/mol. The molecule has 0 bridgehead atoms. The fourth-order valence-electron chi connectivity index (χ4n) is 7.98. The van der Waals surface area contributed by atoms with Crippen molar-refractivity contribution < 1.29 is 4.39 Å². The van der Waals surface area contributed by atoms with Crippen molar-refractivity contribution in [3.63, 3.8) is 0 Å². The van der Waals surface area contributed by atoms with Crippen LogP contribution in [-0.4, -0.2) is 0 Å². The molecule has 0 aliphatic rings. The first-order valence-electron chi connectivity index (χ1n) is 14.8. The Balaban J connectivity index is 1.62. The minimum absolute atomic E-state index is 0.177. The van der Waals surface area contributed by atoms with Crippen LogP contribution in [0.4, 0.5) is 4.39 Å². The first kappa shape index (κ1) is 23.1. The Bertz CT molecular complexity index is 2700. The normalized spacial score (nSPS) is 12.3. The summed E-state index contributed by atoms with van der Waals surface area (Å²) in [6, 6.07) is 49.2. The minimum atomic E-state index is -0.177. The van der Waals surface area contributed by atoms with E-state index in [4.69, 9.17) is 0 Å². The third kappa shape index (κ3) is 2.89. The molecule has 0 nitrogen and oxygen atoms in total. The lowest BCUT2D eigenvalue weighted by molar-refractivity contribution is 0.640. The van der Waals surface area contributed by atoms with E-state index in [-0.39, 0.29) is 5.82 Å². The summed E-state index contributed by atoms with van der Waals surface area (Å²) in [4.78, 5) is 0. The van der Waals surface area contributed by atoms with E-state index in [1.54, 1.807) is 6.07 Å². The minimum Gasteiger partial charge on any atom is -0.206 e. The molecule has 1 heteroatoms. The molecule has 10 aromatic carbocycles. The van der Waals surface area contributed by atoms with Crippen LogP contribution in [0.3, 0.4) is 0 Å². The lowest BCUT2D eigenvalue weighted by atomic mass is 9.84. The van der Waals surface area contributed by atoms with Crippen LogP contribution in [0, 0.1) is 5.82 Å². The Morgan fingerprint density at radius 3 is 1.49 bits per heavy atom. The van der Waals surface area contributed by atoms with Gasteiger partial charge < -0.3 is 0 Å². The lowest BCUT2D eigenvalue weighted by Gasteiger charge is -2.19. The largest absolute Gasteiger partial charge is 0.206 e. The van der Waals surface area contributed by atoms with Crippen LogP contribution in [0.25, 0.3) is 97.7 Å². The number of hydrogen-bond acceptors (Lipinski definition) is 0. The van der Waals surface area contributed by atoms with E-state index in [9.17, 15) is 0 Å². The van der Waals surface area contributed by atoms with Crippen LogP contribution in [0.2, 0.25) is 0 Å². The van der Waals surface area contributed by atoms with E-state index >= 15 is 4.39 Å². The smallest absolute Gasteiger partial charge is 0.131 e. The molecule has 0 radical (unpaired) electrons. The van der Waals surface area contributed by atoms with Gasteiger partial charge in [-0.3, -0.25) is 0 Å². The molecule has 0 unspecified atom stereocenters. The number of rotatable bonds is 2. The van der Waals surface area contributed by atoms with Crippen molar-refractivity contribution in [3.8, 4) is 22.3 Å². The molecule has 198 valence electrons. The van der Waals surface area contributed by atoms with Crippen molar-refractivity contribution in [3.05, 3.63) is 145 Å². The number of benzene rings is 8. The van der Waals surface area contributed by atoms with E-state index in [0.29, 0.717) is 5.39 Å². The van der Waals surface area contributed by atoms with Crippen molar-refractivity contribution in [1.29, 1.82) is 0 Å². The van der Waals surface area contributed by atoms with E-state index in [0.717, 1.165) is 16.2 Å². The summed E-state index contributed by atoms with van der Waals surface area (Å²) < 4.78 is 15.4. The van der Waals surface area contributed by atoms with Crippen LogP contribution in [0.15, 0.2) is 140 Å². The molecule has 0 saturated heterocycles. The molecule has 0 heterocycles. The Hall–Kier alpha value is -5.53. The zero-order chi connectivity index (χ0) is 28.2. The number of fused-ring (bicyclic) bond motifs is 8. The highest BCUT2D eigenvalue weighted by atomic mass is 19.1. The van der Waals surface area contributed by atoms with Gasteiger partial charge in [-0.15, -0.1) is 0 Å². The topological polar surface area (TPSA) is 0 Å². The van der Waals surface area contributed by atoms with E-state index in [1.165, 1.54) is 76.1 Å². The van der Waals surface area contributed by atoms with Gasteiger partial charge in [-0.05, 0) is 99.0 Å². The highest BCUT2D eigenvalue weighted by molar-refractivity contribution is 6.44. The van der Waals surface area contributed by atoms with Crippen LogP contribution in [-0.2, 0) is 0 Å². The number of hydrogen-bond donors (Lipinski definition) is 0. The second-order valence-corrected chi connectivity index (χ2v) is 11.7. The third-order valence-corrected chi connectivity index (χ3v) is 9.59. The van der Waals surface area contributed by atoms with Crippen LogP contribution < -0.4 is 0 Å². The van der Waals surface area contributed by atoms with Gasteiger partial charge in [0.25, 0.3) is 0 Å². The zero-order valence-electron chi connectivity index (χ0n) is 23.2. The molecule has 0 aromatic heterocycles. The standard InChI is InChI=1S/C42H23F/c43-35-22-21-32-39-29(35)18-10-20-31(39)41-36(24-11-3-1-4-12-24)34-23-33-27-16-8-7-15-26(27)28-17-9-19-30(38(28)33)40(34)37(42(32)41)25-13-5-2-6-14-25/h1-23H. The average molecular weight is 547 g/mol. The maximum Gasteiger partial charge on any atom is 0.131 e. The Kier molecular flexibility index (Phi) is 4.44. The Labute approximate surface area is 246 Å². The molecule has 0 saturated carbocycles. The molecule has 10 rings (SSSR count). The van der Waals surface area contributed by atoms with Gasteiger partial charge in [0, 0.05) is 10.8 Å². The fourth-order valence-corrected chi connectivity index (χ4v) is 7.98. The summed E-state index contributed by atoms with van der Waals surface area (Å²) in [6.45, 7) is 0. The molecule has 0 spiro atoms. The summed E-state index contributed by atoms with van der Waals surface area (Å²) >= 11 is 0. The number of halogens is 1. The SMILES string of the molecule is Fc1ccc2c3c(-c4ccccc4)c4c(cc5c6ccccc6c6cccc4c65)c(-c4ccccc4)c3c3cccc1c32. The maximum atomic E-state index is 15.4. The van der Waals surface area contributed by atoms with Gasteiger partial charge >= 0.3 is 0 Å². The van der Waals surface area contributed by atoms with E-state index in [1.807, 2.05) is 18.2 Å². The molecule has 0 atom stereocenters. The van der Waals surface area contributed by atoms with Gasteiger partial charge in [0.05, 0.1) is 0 Å². The second kappa shape index (κ2) is 8.27. The van der Waals surface area contributed by atoms with Crippen LogP contribution in [0.5, 0.6) is 0 Å². The molecule has 0 amide bonds. The van der Waals surface area contributed by atoms with Crippen LogP contribution >= 0.6 is 0 Å². The van der Waals surface area contributed by atoms with Gasteiger partial charge in [-0.2, -0.15) is 0 Å². The Morgan fingerprint density at radius 2 is 0.767 bits per heavy atom. The van der Waals surface area contributed by atoms with Crippen molar-refractivity contribution >= 4 is 75.4 Å².